The second kappa shape index (κ2) is 6.39. The van der Waals surface area contributed by atoms with Crippen molar-refractivity contribution in [2.75, 3.05) is 6.54 Å². The molecule has 1 amide bonds. The Balaban J connectivity index is 4.04. The van der Waals surface area contributed by atoms with Crippen molar-refractivity contribution in [2.24, 2.45) is 11.3 Å². The largest absolute Gasteiger partial charge is 0.388 e. The average molecular weight is 243 g/mol. The SMILES string of the molecule is CCCC(C)(O)CNC(=O)CC(C)C(C)(C)C. The minimum absolute atomic E-state index is 0.0313. The average Bonchev–Trinajstić information content (AvgIpc) is 2.13. The highest BCUT2D eigenvalue weighted by atomic mass is 16.3. The van der Waals surface area contributed by atoms with Gasteiger partial charge in [0.05, 0.1) is 5.60 Å². The number of carbonyl (C=O) groups excluding carboxylic acids is 1. The molecule has 3 nitrogen and oxygen atoms in total. The normalized spacial score (nSPS) is 17.4. The molecule has 2 unspecified atom stereocenters. The van der Waals surface area contributed by atoms with Gasteiger partial charge in [-0.3, -0.25) is 4.79 Å². The summed E-state index contributed by atoms with van der Waals surface area (Å²) in [7, 11) is 0. The van der Waals surface area contributed by atoms with E-state index in [0.717, 1.165) is 6.42 Å². The van der Waals surface area contributed by atoms with Crippen molar-refractivity contribution in [3.63, 3.8) is 0 Å². The van der Waals surface area contributed by atoms with Gasteiger partial charge >= 0.3 is 0 Å². The van der Waals surface area contributed by atoms with E-state index in [-0.39, 0.29) is 11.3 Å². The van der Waals surface area contributed by atoms with Gasteiger partial charge in [0.15, 0.2) is 0 Å². The van der Waals surface area contributed by atoms with E-state index in [9.17, 15) is 9.90 Å². The van der Waals surface area contributed by atoms with E-state index in [1.807, 2.05) is 6.92 Å². The molecule has 0 spiro atoms. The Bertz CT molecular complexity index is 241. The number of nitrogens with one attached hydrogen (secondary N) is 1. The molecule has 0 aromatic rings. The Kier molecular flexibility index (Phi) is 6.17. The monoisotopic (exact) mass is 243 g/mol. The molecule has 2 atom stereocenters. The van der Waals surface area contributed by atoms with E-state index in [2.05, 4.69) is 33.0 Å². The molecule has 0 aliphatic rings. The molecular formula is C14H29NO2. The lowest BCUT2D eigenvalue weighted by Gasteiger charge is -2.28. The van der Waals surface area contributed by atoms with Crippen molar-refractivity contribution in [3.8, 4) is 0 Å². The summed E-state index contributed by atoms with van der Waals surface area (Å²) in [5, 5.41) is 12.8. The molecule has 0 rings (SSSR count). The van der Waals surface area contributed by atoms with Crippen LogP contribution in [0.4, 0.5) is 0 Å². The third kappa shape index (κ3) is 7.37. The lowest BCUT2D eigenvalue weighted by molar-refractivity contribution is -0.123. The molecule has 0 heterocycles. The highest BCUT2D eigenvalue weighted by Crippen LogP contribution is 2.27. The van der Waals surface area contributed by atoms with Crippen LogP contribution in [-0.2, 0) is 4.79 Å². The number of hydrogen-bond donors (Lipinski definition) is 2. The van der Waals surface area contributed by atoms with E-state index in [4.69, 9.17) is 0 Å². The smallest absolute Gasteiger partial charge is 0.220 e. The first kappa shape index (κ1) is 16.4. The van der Waals surface area contributed by atoms with Crippen molar-refractivity contribution in [1.82, 2.24) is 5.32 Å². The fraction of sp³-hybridized carbons (Fsp3) is 0.929. The van der Waals surface area contributed by atoms with E-state index in [1.54, 1.807) is 6.92 Å². The van der Waals surface area contributed by atoms with Crippen molar-refractivity contribution < 1.29 is 9.90 Å². The Hall–Kier alpha value is -0.570. The predicted molar refractivity (Wildman–Crippen MR) is 71.8 cm³/mol. The molecule has 0 bridgehead atoms. The Labute approximate surface area is 106 Å². The predicted octanol–water partition coefficient (Wildman–Crippen LogP) is 2.73. The molecule has 0 saturated carbocycles. The van der Waals surface area contributed by atoms with Crippen LogP contribution in [0.2, 0.25) is 0 Å². The molecule has 0 aliphatic heterocycles. The van der Waals surface area contributed by atoms with E-state index >= 15 is 0 Å². The third-order valence-electron chi connectivity index (χ3n) is 3.42. The zero-order valence-electron chi connectivity index (χ0n) is 12.3. The second-order valence-electron chi connectivity index (χ2n) is 6.49. The highest BCUT2D eigenvalue weighted by molar-refractivity contribution is 5.76. The first-order valence-corrected chi connectivity index (χ1v) is 6.57. The van der Waals surface area contributed by atoms with Crippen LogP contribution in [0.1, 0.15) is 60.8 Å². The van der Waals surface area contributed by atoms with Gasteiger partial charge in [-0.25, -0.2) is 0 Å². The second-order valence-corrected chi connectivity index (χ2v) is 6.49. The minimum atomic E-state index is -0.782. The molecule has 0 radical (unpaired) electrons. The molecule has 0 aliphatic carbocycles. The van der Waals surface area contributed by atoms with Crippen molar-refractivity contribution in [1.29, 1.82) is 0 Å². The molecule has 0 saturated heterocycles. The first-order valence-electron chi connectivity index (χ1n) is 6.57. The fourth-order valence-corrected chi connectivity index (χ4v) is 1.57. The van der Waals surface area contributed by atoms with Gasteiger partial charge < -0.3 is 10.4 Å². The Morgan fingerprint density at radius 2 is 1.82 bits per heavy atom. The molecule has 0 aromatic carbocycles. The van der Waals surface area contributed by atoms with Crippen LogP contribution in [-0.4, -0.2) is 23.2 Å². The molecule has 0 fully saturated rings. The quantitative estimate of drug-likeness (QED) is 0.753. The maximum atomic E-state index is 11.7. The summed E-state index contributed by atoms with van der Waals surface area (Å²) in [6, 6.07) is 0. The van der Waals surface area contributed by atoms with Crippen LogP contribution < -0.4 is 5.32 Å². The Morgan fingerprint density at radius 3 is 2.24 bits per heavy atom. The van der Waals surface area contributed by atoms with Crippen LogP contribution >= 0.6 is 0 Å². The third-order valence-corrected chi connectivity index (χ3v) is 3.42. The van der Waals surface area contributed by atoms with Gasteiger partial charge in [0.25, 0.3) is 0 Å². The molecule has 102 valence electrons. The standard InChI is InChI=1S/C14H29NO2/c1-7-8-14(6,17)10-15-12(16)9-11(2)13(3,4)5/h11,17H,7-10H2,1-6H3,(H,15,16). The van der Waals surface area contributed by atoms with Gasteiger partial charge in [0, 0.05) is 13.0 Å². The summed E-state index contributed by atoms with van der Waals surface area (Å²) < 4.78 is 0. The summed E-state index contributed by atoms with van der Waals surface area (Å²) >= 11 is 0. The maximum Gasteiger partial charge on any atom is 0.220 e. The lowest BCUT2D eigenvalue weighted by atomic mass is 9.80. The molecule has 3 heteroatoms. The number of rotatable bonds is 6. The highest BCUT2D eigenvalue weighted by Gasteiger charge is 2.24. The summed E-state index contributed by atoms with van der Waals surface area (Å²) in [5.41, 5.74) is -0.640. The van der Waals surface area contributed by atoms with Crippen molar-refractivity contribution >= 4 is 5.91 Å². The summed E-state index contributed by atoms with van der Waals surface area (Å²) in [4.78, 5) is 11.7. The van der Waals surface area contributed by atoms with Crippen molar-refractivity contribution in [3.05, 3.63) is 0 Å². The maximum absolute atomic E-state index is 11.7. The van der Waals surface area contributed by atoms with Gasteiger partial charge in [-0.05, 0) is 24.7 Å². The zero-order valence-corrected chi connectivity index (χ0v) is 12.3. The number of hydrogen-bond acceptors (Lipinski definition) is 2. The van der Waals surface area contributed by atoms with E-state index in [1.165, 1.54) is 0 Å². The fourth-order valence-electron chi connectivity index (χ4n) is 1.57. The minimum Gasteiger partial charge on any atom is -0.388 e. The molecule has 0 aromatic heterocycles. The first-order chi connectivity index (χ1) is 7.58. The van der Waals surface area contributed by atoms with E-state index in [0.29, 0.717) is 25.3 Å². The summed E-state index contributed by atoms with van der Waals surface area (Å²) in [6.45, 7) is 12.6. The van der Waals surface area contributed by atoms with Crippen LogP contribution in [0.15, 0.2) is 0 Å². The number of aliphatic hydroxyl groups is 1. The van der Waals surface area contributed by atoms with Gasteiger partial charge in [0.2, 0.25) is 5.91 Å². The van der Waals surface area contributed by atoms with Crippen LogP contribution in [0.5, 0.6) is 0 Å². The van der Waals surface area contributed by atoms with Gasteiger partial charge in [-0.2, -0.15) is 0 Å². The molecular weight excluding hydrogens is 214 g/mol. The zero-order chi connectivity index (χ0) is 13.7. The van der Waals surface area contributed by atoms with Crippen LogP contribution in [0.3, 0.4) is 0 Å². The summed E-state index contributed by atoms with van der Waals surface area (Å²) in [6.07, 6.45) is 2.15. The Morgan fingerprint density at radius 1 is 1.29 bits per heavy atom. The lowest BCUT2D eigenvalue weighted by Crippen LogP contribution is -2.41. The van der Waals surface area contributed by atoms with Crippen LogP contribution in [0, 0.1) is 11.3 Å². The molecule has 17 heavy (non-hydrogen) atoms. The van der Waals surface area contributed by atoms with Crippen LogP contribution in [0.25, 0.3) is 0 Å². The number of carbonyl (C=O) groups is 1. The topological polar surface area (TPSA) is 49.3 Å². The van der Waals surface area contributed by atoms with Gasteiger partial charge in [0.1, 0.15) is 0 Å². The van der Waals surface area contributed by atoms with E-state index < -0.39 is 5.60 Å². The van der Waals surface area contributed by atoms with Gasteiger partial charge in [-0.1, -0.05) is 41.0 Å². The number of amides is 1. The van der Waals surface area contributed by atoms with Gasteiger partial charge in [-0.15, -0.1) is 0 Å². The summed E-state index contributed by atoms with van der Waals surface area (Å²) in [5.74, 6) is 0.363. The molecule has 2 N–H and O–H groups in total. The van der Waals surface area contributed by atoms with Crippen molar-refractivity contribution in [2.45, 2.75) is 66.4 Å².